The topological polar surface area (TPSA) is 385 Å². The zero-order valence-electron chi connectivity index (χ0n) is 58.9. The minimum atomic E-state index is -4.10. The highest BCUT2D eigenvalue weighted by Crippen LogP contribution is 2.47. The van der Waals surface area contributed by atoms with E-state index < -0.39 is 129 Å². The Labute approximate surface area is 612 Å². The van der Waals surface area contributed by atoms with Crippen LogP contribution in [0.3, 0.4) is 0 Å². The van der Waals surface area contributed by atoms with Gasteiger partial charge in [-0.25, -0.2) is 55.1 Å². The average Bonchev–Trinajstić information content (AvgIpc) is 1.61. The Morgan fingerprint density at radius 2 is 1.16 bits per heavy atom. The Morgan fingerprint density at radius 3 is 1.66 bits per heavy atom. The van der Waals surface area contributed by atoms with Crippen LogP contribution in [0.1, 0.15) is 86.8 Å². The molecule has 0 bridgehead atoms. The molecule has 105 heavy (non-hydrogen) atoms. The number of amides is 2. The number of non-ortho nitro benzene ring substituents is 1. The lowest BCUT2D eigenvalue weighted by Crippen LogP contribution is -2.57. The van der Waals surface area contributed by atoms with Gasteiger partial charge in [-0.05, 0) is 156 Å². The molecular weight excluding hydrogens is 1430 g/mol. The number of hydrogen-bond donors (Lipinski definition) is 3. The van der Waals surface area contributed by atoms with E-state index in [4.69, 9.17) is 9.47 Å². The summed E-state index contributed by atoms with van der Waals surface area (Å²) in [6, 6.07) is 27.5. The lowest BCUT2D eigenvalue weighted by Gasteiger charge is -2.32. The van der Waals surface area contributed by atoms with E-state index in [9.17, 15) is 70.4 Å². The summed E-state index contributed by atoms with van der Waals surface area (Å²) >= 11 is 2.70. The Morgan fingerprint density at radius 1 is 0.657 bits per heavy atom. The lowest BCUT2D eigenvalue weighted by molar-refractivity contribution is -0.384. The van der Waals surface area contributed by atoms with Crippen molar-refractivity contribution in [2.45, 2.75) is 150 Å². The number of rotatable bonds is 23. The Bertz CT molecular complexity index is 5150. The van der Waals surface area contributed by atoms with Crippen LogP contribution < -0.4 is 26.7 Å². The fourth-order valence-electron chi connectivity index (χ4n) is 12.4. The van der Waals surface area contributed by atoms with Crippen LogP contribution in [-0.4, -0.2) is 155 Å². The monoisotopic (exact) mass is 1510 g/mol. The van der Waals surface area contributed by atoms with Gasteiger partial charge in [-0.1, -0.05) is 45.0 Å². The van der Waals surface area contributed by atoms with Gasteiger partial charge in [0.15, 0.2) is 26.9 Å². The number of ether oxygens (including phenoxy) is 2. The molecule has 1 unspecified atom stereocenters. The van der Waals surface area contributed by atoms with E-state index in [2.05, 4.69) is 30.6 Å². The number of sulfone groups is 1. The second-order valence-corrected chi connectivity index (χ2v) is 35.7. The van der Waals surface area contributed by atoms with Gasteiger partial charge in [0.05, 0.1) is 55.3 Å². The standard InChI is InChI=1S/C40H42N6O9S2.C32H36N6O8S2/c1-39(2,3)21-32(47)30(43-37(49)35-33(24-56-40(35,4)5)57(53,54)29-8-6-18-41-22-29)20-25-10-12-26(13-11-25)45-36-31(9-7-19-42-36)44(38(45)50)23-34(48)55-28-16-14-27(15-17-28)46(51)52;1-31(2,3)46-29(42)23(35-28(41)26-32(4,5)47-19-37(26)48(44,45)22-8-6-14-33-17-22)16-20-10-12-21(13-11-20)38-27-24(9-7-15-34-27)36(30(38)43)18-25(39)40/h6-19,22,30,33,35H,20-21,23-24H2,1-5H3,(H,43,49);6-15,17,23,26H,16,18-19H2,1-5H3,(H,35,41)(H,39,40)/t30-,33?,35+;23-,26+/m00/s1. The van der Waals surface area contributed by atoms with E-state index in [1.54, 1.807) is 107 Å². The number of hydrogen-bond acceptors (Lipinski definition) is 22. The molecule has 9 aromatic rings. The molecule has 3 aromatic carbocycles. The molecule has 0 radical (unpaired) electrons. The van der Waals surface area contributed by atoms with Crippen molar-refractivity contribution in [2.24, 2.45) is 11.3 Å². The predicted molar refractivity (Wildman–Crippen MR) is 392 cm³/mol. The molecule has 33 heteroatoms. The van der Waals surface area contributed by atoms with E-state index in [1.165, 1.54) is 123 Å². The highest BCUT2D eigenvalue weighted by Gasteiger charge is 2.54. The highest BCUT2D eigenvalue weighted by atomic mass is 32.2. The fraction of sp³-hybridized carbons (Fsp3) is 0.361. The van der Waals surface area contributed by atoms with Crippen molar-refractivity contribution in [2.75, 3.05) is 11.6 Å². The summed E-state index contributed by atoms with van der Waals surface area (Å²) in [5, 5.41) is 25.0. The SMILES string of the molecule is CC(C)(C)CC(=O)[C@H](Cc1ccc(-n2c(=O)n(CC(=O)Oc3ccc([N+](=O)[O-])cc3)c3cccnc32)cc1)NC(=O)[C@H]1C(S(=O)(=O)c2cccnc2)CSC1(C)C.CC(C)(C)OC(=O)[C@H](Cc1ccc(-n2c(=O)n(CC(=O)O)c3cccnc32)cc1)NC(=O)[C@H]1N(S(=O)(=O)c2cccnc2)CSC1(C)C. The third-order valence-electron chi connectivity index (χ3n) is 17.3. The van der Waals surface area contributed by atoms with Crippen LogP contribution in [0, 0.1) is 21.4 Å². The van der Waals surface area contributed by atoms with Crippen molar-refractivity contribution < 1.29 is 65.1 Å². The van der Waals surface area contributed by atoms with Crippen LogP contribution in [0.4, 0.5) is 5.69 Å². The molecule has 5 atom stereocenters. The molecule has 8 heterocycles. The molecular formula is C72H78N12O17S4. The quantitative estimate of drug-likeness (QED) is 0.0239. The summed E-state index contributed by atoms with van der Waals surface area (Å²) in [5.41, 5.74) is 0.779. The van der Waals surface area contributed by atoms with Crippen LogP contribution >= 0.6 is 23.5 Å². The molecule has 552 valence electrons. The van der Waals surface area contributed by atoms with Gasteiger partial charge in [0, 0.05) is 77.4 Å². The van der Waals surface area contributed by atoms with Crippen molar-refractivity contribution >= 4 is 107 Å². The molecule has 0 spiro atoms. The fourth-order valence-corrected chi connectivity index (χ4v) is 19.4. The first-order valence-electron chi connectivity index (χ1n) is 33.0. The number of pyridine rings is 4. The number of carboxylic acid groups (broad SMARTS) is 1. The third-order valence-corrected chi connectivity index (χ3v) is 24.5. The van der Waals surface area contributed by atoms with Gasteiger partial charge < -0.3 is 25.2 Å². The smallest absolute Gasteiger partial charge is 0.335 e. The summed E-state index contributed by atoms with van der Waals surface area (Å²) in [7, 11) is -8.03. The van der Waals surface area contributed by atoms with E-state index in [-0.39, 0.29) is 69.2 Å². The van der Waals surface area contributed by atoms with Crippen molar-refractivity contribution in [1.82, 2.24) is 53.1 Å². The number of fused-ring (bicyclic) bond motifs is 2. The zero-order chi connectivity index (χ0) is 76.3. The highest BCUT2D eigenvalue weighted by molar-refractivity contribution is 8.03. The molecule has 11 rings (SSSR count). The Balaban J connectivity index is 0.000000228. The first-order valence-corrected chi connectivity index (χ1v) is 38.0. The van der Waals surface area contributed by atoms with E-state index in [0.717, 1.165) is 8.87 Å². The number of esters is 2. The molecule has 29 nitrogen and oxygen atoms in total. The number of nitrogens with zero attached hydrogens (tertiary/aromatic N) is 10. The zero-order valence-corrected chi connectivity index (χ0v) is 62.2. The number of Topliss-reactive ketones (excluding diaryl/α,β-unsaturated/α-hetero) is 1. The van der Waals surface area contributed by atoms with Crippen LogP contribution in [-0.2, 0) is 79.3 Å². The van der Waals surface area contributed by atoms with Crippen LogP contribution in [0.15, 0.2) is 178 Å². The molecule has 2 saturated heterocycles. The molecule has 2 aliphatic rings. The van der Waals surface area contributed by atoms with Gasteiger partial charge in [0.25, 0.3) is 5.69 Å². The van der Waals surface area contributed by atoms with E-state index >= 15 is 0 Å². The summed E-state index contributed by atoms with van der Waals surface area (Å²) in [5.74, 6) is -4.71. The van der Waals surface area contributed by atoms with Gasteiger partial charge >= 0.3 is 29.3 Å². The first kappa shape index (κ1) is 77.4. The van der Waals surface area contributed by atoms with Gasteiger partial charge in [-0.2, -0.15) is 16.1 Å². The second-order valence-electron chi connectivity index (χ2n) is 28.3. The molecule has 3 N–H and O–H groups in total. The number of nitrogens with one attached hydrogen (secondary N) is 2. The number of nitro groups is 1. The molecule has 0 saturated carbocycles. The van der Waals surface area contributed by atoms with Crippen LogP contribution in [0.2, 0.25) is 0 Å². The maximum absolute atomic E-state index is 14.2. The van der Waals surface area contributed by atoms with Crippen molar-refractivity contribution in [3.63, 3.8) is 0 Å². The molecule has 0 aliphatic carbocycles. The maximum Gasteiger partial charge on any atom is 0.335 e. The third kappa shape index (κ3) is 17.6. The number of ketones is 1. The summed E-state index contributed by atoms with van der Waals surface area (Å²) in [4.78, 5) is 134. The number of carboxylic acids is 1. The molecule has 6 aromatic heterocycles. The average molecular weight is 1510 g/mol. The Kier molecular flexibility index (Phi) is 22.7. The molecule has 2 fully saturated rings. The minimum absolute atomic E-state index is 0.00942. The van der Waals surface area contributed by atoms with E-state index in [1.807, 2.05) is 34.6 Å². The van der Waals surface area contributed by atoms with Gasteiger partial charge in [0.1, 0.15) is 41.4 Å². The van der Waals surface area contributed by atoms with E-state index in [0.29, 0.717) is 33.5 Å². The van der Waals surface area contributed by atoms with Crippen LogP contribution in [0.5, 0.6) is 5.75 Å². The van der Waals surface area contributed by atoms with Gasteiger partial charge in [-0.3, -0.25) is 48.4 Å². The van der Waals surface area contributed by atoms with Crippen molar-refractivity contribution in [3.05, 3.63) is 201 Å². The van der Waals surface area contributed by atoms with Crippen LogP contribution in [0.25, 0.3) is 33.7 Å². The number of thioether (sulfide) groups is 2. The number of benzene rings is 3. The largest absolute Gasteiger partial charge is 0.480 e. The van der Waals surface area contributed by atoms with Crippen molar-refractivity contribution in [3.8, 4) is 17.1 Å². The first-order chi connectivity index (χ1) is 49.3. The lowest BCUT2D eigenvalue weighted by atomic mass is 9.85. The second kappa shape index (κ2) is 30.8. The summed E-state index contributed by atoms with van der Waals surface area (Å²) < 4.78 is 70.2. The predicted octanol–water partition coefficient (Wildman–Crippen LogP) is 7.69. The molecule has 2 amide bonds. The maximum atomic E-state index is 14.2. The number of carbonyl (C=O) groups excluding carboxylic acids is 5. The number of imidazole rings is 2. The van der Waals surface area contributed by atoms with Crippen molar-refractivity contribution in [1.29, 1.82) is 0 Å². The van der Waals surface area contributed by atoms with Gasteiger partial charge in [-0.15, -0.1) is 11.8 Å². The summed E-state index contributed by atoms with van der Waals surface area (Å²) in [6.45, 7) is 17.1. The number of sulfonamides is 1. The minimum Gasteiger partial charge on any atom is -0.480 e. The number of nitro benzene ring substituents is 1. The number of carbonyl (C=O) groups is 6. The normalized spacial score (nSPS) is 17.2. The van der Waals surface area contributed by atoms with Gasteiger partial charge in [0.2, 0.25) is 21.8 Å². The number of aliphatic carboxylic acids is 1. The Hall–Kier alpha value is -10.2. The summed E-state index contributed by atoms with van der Waals surface area (Å²) in [6.07, 6.45) is 8.70. The number of aromatic nitrogens is 8. The molecule has 2 aliphatic heterocycles.